The third-order valence-corrected chi connectivity index (χ3v) is 4.56. The van der Waals surface area contributed by atoms with Gasteiger partial charge in [0.25, 0.3) is 0 Å². The van der Waals surface area contributed by atoms with Crippen LogP contribution in [-0.4, -0.2) is 16.1 Å². The summed E-state index contributed by atoms with van der Waals surface area (Å²) >= 11 is 6.21. The Balaban J connectivity index is 2.98. The standard InChI is InChI=1S/C16H18ClNO2/c1-5-16(4,15(19)20)14-9(2)8-18-12-7-6-11(17)10(3)13(12)14/h6-8H,5H2,1-4H3,(H,19,20). The van der Waals surface area contributed by atoms with Crippen molar-refractivity contribution in [2.45, 2.75) is 39.5 Å². The maximum atomic E-state index is 11.8. The van der Waals surface area contributed by atoms with E-state index < -0.39 is 11.4 Å². The van der Waals surface area contributed by atoms with Crippen LogP contribution in [0.4, 0.5) is 0 Å². The number of aliphatic carboxylic acids is 1. The molecule has 0 aliphatic carbocycles. The highest BCUT2D eigenvalue weighted by atomic mass is 35.5. The van der Waals surface area contributed by atoms with Crippen LogP contribution in [0, 0.1) is 13.8 Å². The highest BCUT2D eigenvalue weighted by Crippen LogP contribution is 2.38. The zero-order chi connectivity index (χ0) is 15.1. The first-order chi connectivity index (χ1) is 9.32. The molecule has 0 amide bonds. The van der Waals surface area contributed by atoms with Crippen molar-refractivity contribution in [1.29, 1.82) is 0 Å². The van der Waals surface area contributed by atoms with Gasteiger partial charge in [0.1, 0.15) is 0 Å². The van der Waals surface area contributed by atoms with Gasteiger partial charge >= 0.3 is 5.97 Å². The minimum Gasteiger partial charge on any atom is -0.481 e. The van der Waals surface area contributed by atoms with Crippen molar-refractivity contribution in [2.75, 3.05) is 0 Å². The smallest absolute Gasteiger partial charge is 0.313 e. The molecule has 0 saturated carbocycles. The van der Waals surface area contributed by atoms with Crippen LogP contribution in [0.5, 0.6) is 0 Å². The van der Waals surface area contributed by atoms with Crippen molar-refractivity contribution in [3.8, 4) is 0 Å². The van der Waals surface area contributed by atoms with Crippen LogP contribution in [0.2, 0.25) is 5.02 Å². The van der Waals surface area contributed by atoms with E-state index in [9.17, 15) is 9.90 Å². The molecule has 0 fully saturated rings. The topological polar surface area (TPSA) is 50.2 Å². The average Bonchev–Trinajstić information content (AvgIpc) is 2.42. The number of halogens is 1. The van der Waals surface area contributed by atoms with Crippen molar-refractivity contribution in [3.63, 3.8) is 0 Å². The van der Waals surface area contributed by atoms with E-state index in [-0.39, 0.29) is 0 Å². The van der Waals surface area contributed by atoms with Crippen LogP contribution in [-0.2, 0) is 10.2 Å². The first-order valence-electron chi connectivity index (χ1n) is 6.61. The third kappa shape index (κ3) is 2.06. The third-order valence-electron chi connectivity index (χ3n) is 4.15. The van der Waals surface area contributed by atoms with Crippen molar-refractivity contribution in [1.82, 2.24) is 4.98 Å². The van der Waals surface area contributed by atoms with E-state index in [4.69, 9.17) is 11.6 Å². The van der Waals surface area contributed by atoms with Gasteiger partial charge in [0.15, 0.2) is 0 Å². The molecular formula is C16H18ClNO2. The molecule has 0 bridgehead atoms. The molecule has 1 heterocycles. The lowest BCUT2D eigenvalue weighted by Crippen LogP contribution is -2.33. The Kier molecular flexibility index (Phi) is 3.74. The van der Waals surface area contributed by atoms with Crippen molar-refractivity contribution in [3.05, 3.63) is 40.0 Å². The van der Waals surface area contributed by atoms with Crippen LogP contribution < -0.4 is 0 Å². The number of benzene rings is 1. The predicted molar refractivity (Wildman–Crippen MR) is 81.5 cm³/mol. The van der Waals surface area contributed by atoms with E-state index in [1.54, 1.807) is 19.2 Å². The van der Waals surface area contributed by atoms with Crippen LogP contribution in [0.25, 0.3) is 10.9 Å². The molecule has 1 unspecified atom stereocenters. The zero-order valence-corrected chi connectivity index (χ0v) is 12.9. The lowest BCUT2D eigenvalue weighted by Gasteiger charge is -2.27. The fourth-order valence-corrected chi connectivity index (χ4v) is 2.83. The second-order valence-electron chi connectivity index (χ2n) is 5.37. The Morgan fingerprint density at radius 1 is 1.40 bits per heavy atom. The number of carboxylic acids is 1. The summed E-state index contributed by atoms with van der Waals surface area (Å²) in [5, 5.41) is 11.2. The molecule has 0 radical (unpaired) electrons. The maximum Gasteiger partial charge on any atom is 0.313 e. The monoisotopic (exact) mass is 291 g/mol. The van der Waals surface area contributed by atoms with Crippen molar-refractivity contribution >= 4 is 28.5 Å². The maximum absolute atomic E-state index is 11.8. The lowest BCUT2D eigenvalue weighted by atomic mass is 9.76. The van der Waals surface area contributed by atoms with Crippen LogP contribution in [0.3, 0.4) is 0 Å². The number of aromatic nitrogens is 1. The Morgan fingerprint density at radius 2 is 2.05 bits per heavy atom. The normalized spacial score (nSPS) is 14.2. The molecule has 1 aromatic carbocycles. The zero-order valence-electron chi connectivity index (χ0n) is 12.1. The first-order valence-corrected chi connectivity index (χ1v) is 6.99. The van der Waals surface area contributed by atoms with E-state index in [0.717, 1.165) is 27.6 Å². The molecule has 4 heteroatoms. The molecule has 1 N–H and O–H groups in total. The van der Waals surface area contributed by atoms with E-state index in [1.165, 1.54) is 0 Å². The number of nitrogens with zero attached hydrogens (tertiary/aromatic N) is 1. The van der Waals surface area contributed by atoms with Gasteiger partial charge in [0.2, 0.25) is 0 Å². The van der Waals surface area contributed by atoms with Crippen LogP contribution in [0.1, 0.15) is 37.0 Å². The summed E-state index contributed by atoms with van der Waals surface area (Å²) in [5.41, 5.74) is 2.43. The summed E-state index contributed by atoms with van der Waals surface area (Å²) in [6.45, 7) is 7.46. The van der Waals surface area contributed by atoms with E-state index in [1.807, 2.05) is 26.8 Å². The summed E-state index contributed by atoms with van der Waals surface area (Å²) in [4.78, 5) is 16.2. The van der Waals surface area contributed by atoms with E-state index >= 15 is 0 Å². The number of aryl methyl sites for hydroxylation is 2. The second kappa shape index (κ2) is 5.06. The molecule has 0 aliphatic heterocycles. The minimum atomic E-state index is -0.944. The van der Waals surface area contributed by atoms with Gasteiger partial charge < -0.3 is 5.11 Å². The second-order valence-corrected chi connectivity index (χ2v) is 5.78. The number of hydrogen-bond donors (Lipinski definition) is 1. The number of carboxylic acid groups (broad SMARTS) is 1. The Morgan fingerprint density at radius 3 is 2.60 bits per heavy atom. The Hall–Kier alpha value is -1.61. The summed E-state index contributed by atoms with van der Waals surface area (Å²) in [5.74, 6) is -0.824. The quantitative estimate of drug-likeness (QED) is 0.919. The Bertz CT molecular complexity index is 691. The molecule has 2 rings (SSSR count). The molecule has 106 valence electrons. The Labute approximate surface area is 123 Å². The van der Waals surface area contributed by atoms with Crippen LogP contribution in [0.15, 0.2) is 18.3 Å². The van der Waals surface area contributed by atoms with E-state index in [2.05, 4.69) is 4.98 Å². The molecule has 2 aromatic rings. The van der Waals surface area contributed by atoms with Gasteiger partial charge in [0, 0.05) is 16.6 Å². The highest BCUT2D eigenvalue weighted by Gasteiger charge is 2.36. The number of hydrogen-bond acceptors (Lipinski definition) is 2. The largest absolute Gasteiger partial charge is 0.481 e. The fourth-order valence-electron chi connectivity index (χ4n) is 2.67. The summed E-state index contributed by atoms with van der Waals surface area (Å²) in [7, 11) is 0. The summed E-state index contributed by atoms with van der Waals surface area (Å²) in [6.07, 6.45) is 2.25. The number of pyridine rings is 1. The summed E-state index contributed by atoms with van der Waals surface area (Å²) in [6, 6.07) is 3.64. The van der Waals surface area contributed by atoms with Crippen molar-refractivity contribution in [2.24, 2.45) is 0 Å². The van der Waals surface area contributed by atoms with Gasteiger partial charge in [-0.15, -0.1) is 0 Å². The lowest BCUT2D eigenvalue weighted by molar-refractivity contribution is -0.143. The first kappa shape index (κ1) is 14.8. The van der Waals surface area contributed by atoms with Crippen molar-refractivity contribution < 1.29 is 9.90 Å². The molecule has 0 aliphatic rings. The summed E-state index contributed by atoms with van der Waals surface area (Å²) < 4.78 is 0. The highest BCUT2D eigenvalue weighted by molar-refractivity contribution is 6.32. The average molecular weight is 292 g/mol. The minimum absolute atomic E-state index is 0.508. The molecule has 3 nitrogen and oxygen atoms in total. The number of fused-ring (bicyclic) bond motifs is 1. The molecule has 20 heavy (non-hydrogen) atoms. The van der Waals surface area contributed by atoms with Gasteiger partial charge in [-0.2, -0.15) is 0 Å². The molecule has 0 spiro atoms. The molecule has 0 saturated heterocycles. The molecular weight excluding hydrogens is 274 g/mol. The van der Waals surface area contributed by atoms with Gasteiger partial charge in [-0.1, -0.05) is 18.5 Å². The van der Waals surface area contributed by atoms with E-state index in [0.29, 0.717) is 11.4 Å². The predicted octanol–water partition coefficient (Wildman–Crippen LogP) is 4.26. The molecule has 1 atom stereocenters. The number of rotatable bonds is 3. The van der Waals surface area contributed by atoms with Crippen LogP contribution >= 0.6 is 11.6 Å². The fraction of sp³-hybridized carbons (Fsp3) is 0.375. The van der Waals surface area contributed by atoms with Gasteiger partial charge in [-0.25, -0.2) is 0 Å². The molecule has 1 aromatic heterocycles. The van der Waals surface area contributed by atoms with Gasteiger partial charge in [0.05, 0.1) is 10.9 Å². The number of carbonyl (C=O) groups is 1. The van der Waals surface area contributed by atoms with Gasteiger partial charge in [-0.3, -0.25) is 9.78 Å². The van der Waals surface area contributed by atoms with Gasteiger partial charge in [-0.05, 0) is 56.0 Å². The SMILES string of the molecule is CCC(C)(C(=O)O)c1c(C)cnc2ccc(Cl)c(C)c12.